The molecule has 9 heterocycles. The largest absolute Gasteiger partial charge is 0.497 e. The van der Waals surface area contributed by atoms with Gasteiger partial charge in [-0.1, -0.05) is 75.4 Å². The molecular weight excluding hydrogens is 1610 g/mol. The van der Waals surface area contributed by atoms with E-state index in [4.69, 9.17) is 30.9 Å². The number of hydrogen-bond donors (Lipinski definition) is 10. The SMILES string of the molecule is CCCCCC(=O)[C@@H](N)CNC(=O)c1cnn(CCc2ccc3c(n2)NCCC3)c1.CCCCCC(=O)[C@H](CNC(=O)c1cnn(CCc2ccc3c(n2)NCCC3)c1)NS(=O)(=O)c1ccc(OC)cc1.COc1ccc(S(=O)(=O)N[C@@H](CNC(=O)c2cnn(CCc3ccc4c(n3)NCCC4)c2)C(=O)O)cc1.Cc1ccc(S(=O)(=O)Cl)cc1. The Labute approximate surface area is 698 Å². The van der Waals surface area contributed by atoms with Crippen molar-refractivity contribution < 1.29 is 68.6 Å². The maximum Gasteiger partial charge on any atom is 0.323 e. The van der Waals surface area contributed by atoms with E-state index in [1.165, 1.54) is 110 Å². The summed E-state index contributed by atoms with van der Waals surface area (Å²) in [6.07, 6.45) is 23.7. The maximum absolute atomic E-state index is 13.0. The molecule has 0 spiro atoms. The number of aromatic nitrogens is 9. The number of ketones is 2. The van der Waals surface area contributed by atoms with Crippen LogP contribution in [0.15, 0.2) is 161 Å². The molecular formula is C82H105ClN18O15S3. The molecule has 3 aromatic carbocycles. The number of ether oxygens (including phenoxy) is 2. The van der Waals surface area contributed by atoms with Crippen LogP contribution in [0.25, 0.3) is 0 Å². The zero-order valence-corrected chi connectivity index (χ0v) is 70.5. The van der Waals surface area contributed by atoms with Gasteiger partial charge in [-0.25, -0.2) is 40.2 Å². The quantitative estimate of drug-likeness (QED) is 0.0129. The molecule has 12 rings (SSSR count). The van der Waals surface area contributed by atoms with Gasteiger partial charge in [0.25, 0.3) is 26.8 Å². The van der Waals surface area contributed by atoms with Gasteiger partial charge in [0, 0.05) is 137 Å². The van der Waals surface area contributed by atoms with Gasteiger partial charge in [-0.2, -0.15) is 24.7 Å². The number of benzene rings is 3. The lowest BCUT2D eigenvalue weighted by atomic mass is 10.1. The van der Waals surface area contributed by atoms with Gasteiger partial charge in [-0.3, -0.25) is 42.8 Å². The average Bonchev–Trinajstić information content (AvgIpc) is 1.48. The van der Waals surface area contributed by atoms with Crippen molar-refractivity contribution in [2.75, 3.05) is 69.4 Å². The number of fused-ring (bicyclic) bond motifs is 3. The monoisotopic (exact) mass is 1710 g/mol. The summed E-state index contributed by atoms with van der Waals surface area (Å²) < 4.78 is 92.3. The third-order valence-corrected chi connectivity index (χ3v) is 23.9. The van der Waals surface area contributed by atoms with Crippen LogP contribution < -0.4 is 56.6 Å². The van der Waals surface area contributed by atoms with E-state index in [1.54, 1.807) is 44.8 Å². The van der Waals surface area contributed by atoms with E-state index in [2.05, 4.69) is 97.8 Å². The highest BCUT2D eigenvalue weighted by Crippen LogP contribution is 2.25. The number of methoxy groups -OCH3 is 2. The minimum absolute atomic E-state index is 0.00135. The first-order valence-corrected chi connectivity index (χ1v) is 44.9. The number of anilines is 3. The second-order valence-electron chi connectivity index (χ2n) is 28.6. The zero-order valence-electron chi connectivity index (χ0n) is 67.3. The molecule has 6 aromatic heterocycles. The van der Waals surface area contributed by atoms with E-state index < -0.39 is 71.6 Å². The first-order chi connectivity index (χ1) is 57.1. The molecule has 0 saturated carbocycles. The molecule has 33 nitrogen and oxygen atoms in total. The normalized spacial score (nSPS) is 13.5. The molecule has 638 valence electrons. The fraction of sp³-hybridized carbons (Fsp3) is 0.415. The highest BCUT2D eigenvalue weighted by molar-refractivity contribution is 8.13. The molecule has 0 unspecified atom stereocenters. The van der Waals surface area contributed by atoms with Crippen molar-refractivity contribution in [2.45, 2.75) is 182 Å². The Kier molecular flexibility index (Phi) is 34.9. The molecule has 3 atom stereocenters. The Hall–Kier alpha value is -11.0. The number of aryl methyl sites for hydroxylation is 10. The van der Waals surface area contributed by atoms with Crippen molar-refractivity contribution in [1.29, 1.82) is 0 Å². The Bertz CT molecular complexity index is 5250. The lowest BCUT2D eigenvalue weighted by Gasteiger charge is -2.18. The first-order valence-electron chi connectivity index (χ1n) is 39.6. The predicted molar refractivity (Wildman–Crippen MR) is 450 cm³/mol. The summed E-state index contributed by atoms with van der Waals surface area (Å²) in [5.41, 5.74) is 14.5. The van der Waals surface area contributed by atoms with E-state index in [0.717, 1.165) is 137 Å². The van der Waals surface area contributed by atoms with Crippen LogP contribution in [0.1, 0.15) is 155 Å². The molecule has 11 N–H and O–H groups in total. The van der Waals surface area contributed by atoms with Crippen LogP contribution in [0.5, 0.6) is 11.5 Å². The average molecular weight is 1710 g/mol. The van der Waals surface area contributed by atoms with Crippen LogP contribution in [0.4, 0.5) is 17.5 Å². The Morgan fingerprint density at radius 1 is 0.487 bits per heavy atom. The number of carboxylic acids is 1. The lowest BCUT2D eigenvalue weighted by Crippen LogP contribution is -2.48. The third kappa shape index (κ3) is 28.9. The molecule has 3 amide bonds. The number of rotatable bonds is 38. The summed E-state index contributed by atoms with van der Waals surface area (Å²) in [4.78, 5) is 88.4. The number of nitrogens with one attached hydrogen (secondary N) is 8. The maximum atomic E-state index is 13.0. The third-order valence-electron chi connectivity index (χ3n) is 19.5. The molecule has 3 aliphatic heterocycles. The minimum atomic E-state index is -4.14. The number of sulfonamides is 2. The van der Waals surface area contributed by atoms with Gasteiger partial charge in [-0.05, 0) is 154 Å². The van der Waals surface area contributed by atoms with Crippen molar-refractivity contribution in [3.8, 4) is 11.5 Å². The van der Waals surface area contributed by atoms with E-state index in [-0.39, 0.29) is 57.2 Å². The smallest absolute Gasteiger partial charge is 0.323 e. The van der Waals surface area contributed by atoms with Crippen molar-refractivity contribution >= 4 is 92.5 Å². The van der Waals surface area contributed by atoms with Crippen LogP contribution in [0.3, 0.4) is 0 Å². The van der Waals surface area contributed by atoms with Crippen LogP contribution in [-0.2, 0) is 102 Å². The van der Waals surface area contributed by atoms with Crippen LogP contribution in [-0.4, -0.2) is 182 Å². The van der Waals surface area contributed by atoms with E-state index >= 15 is 0 Å². The van der Waals surface area contributed by atoms with Gasteiger partial charge in [-0.15, -0.1) is 0 Å². The Morgan fingerprint density at radius 3 is 1.20 bits per heavy atom. The number of carbonyl (C=O) groups excluding carboxylic acids is 5. The summed E-state index contributed by atoms with van der Waals surface area (Å²) >= 11 is 0. The molecule has 0 radical (unpaired) electrons. The molecule has 0 bridgehead atoms. The van der Waals surface area contributed by atoms with Gasteiger partial charge >= 0.3 is 5.97 Å². The summed E-state index contributed by atoms with van der Waals surface area (Å²) in [6.45, 7) is 9.97. The van der Waals surface area contributed by atoms with Gasteiger partial charge in [0.05, 0.1) is 76.3 Å². The molecule has 3 aliphatic rings. The highest BCUT2D eigenvalue weighted by Gasteiger charge is 2.29. The van der Waals surface area contributed by atoms with Crippen LogP contribution >= 0.6 is 10.7 Å². The summed E-state index contributed by atoms with van der Waals surface area (Å²) in [5.74, 6) is 0.812. The number of carboxylic acid groups (broad SMARTS) is 1. The molecule has 37 heteroatoms. The number of aliphatic carboxylic acids is 1. The summed E-state index contributed by atoms with van der Waals surface area (Å²) in [7, 11) is -3.69. The zero-order chi connectivity index (χ0) is 85.5. The standard InChI is InChI=1S/C29H38N6O5S.C24H28N6O6S.C22H32N6O2.C7H7ClO2S/c1-3-4-5-8-27(36)26(34-41(38,39)25-13-11-24(40-2)12-14-25)19-31-29(37)22-18-32-35(20-22)17-15-23-10-9-21-7-6-16-30-28(21)33-23;1-36-19-6-8-20(9-7-19)37(34,35)29-21(24(32)33)14-26-23(31)17-13-27-30(15-17)12-10-18-5-4-16-3-2-11-25-22(16)28-18;1-2-3-4-7-20(29)19(23)14-25-22(30)17-13-26-28(15-17)12-10-18-9-8-16-6-5-11-24-21(16)27-18;1-6-2-4-7(5-3-6)11(8,9)10/h9-14,18,20,26,34H,3-8,15-17,19H2,1-2H3,(H,30,33)(H,31,37);4-9,13,15,21,29H,2-3,10-12,14H2,1H3,(H,25,28)(H,26,31)(H,32,33);8-9,13,15,19H,2-7,10-12,14,23H2,1H3,(H,24,27)(H,25,30);2-5H,1H3/t26-;21-;19-;/m000./s1. The summed E-state index contributed by atoms with van der Waals surface area (Å²) in [5, 5.41) is 40.1. The Balaban J connectivity index is 0.000000192. The number of amides is 3. The molecule has 0 aliphatic carbocycles. The van der Waals surface area contributed by atoms with Crippen molar-refractivity contribution in [2.24, 2.45) is 5.73 Å². The molecule has 119 heavy (non-hydrogen) atoms. The number of carbonyl (C=O) groups is 6. The number of hydrogen-bond acceptors (Lipinski definition) is 24. The second-order valence-corrected chi connectivity index (χ2v) is 34.6. The van der Waals surface area contributed by atoms with Gasteiger partial charge in [0.15, 0.2) is 11.6 Å². The Morgan fingerprint density at radius 2 is 0.840 bits per heavy atom. The number of Topliss-reactive ketones (excluding diaryl/α,β-unsaturated/α-hetero) is 2. The van der Waals surface area contributed by atoms with E-state index in [0.29, 0.717) is 67.9 Å². The molecule has 0 saturated heterocycles. The second kappa shape index (κ2) is 45.2. The number of halogens is 1. The van der Waals surface area contributed by atoms with Gasteiger partial charge in [0.1, 0.15) is 35.0 Å². The predicted octanol–water partition coefficient (Wildman–Crippen LogP) is 8.17. The number of nitrogens with zero attached hydrogens (tertiary/aromatic N) is 9. The topological polar surface area (TPSA) is 458 Å². The fourth-order valence-electron chi connectivity index (χ4n) is 12.6. The van der Waals surface area contributed by atoms with E-state index in [1.807, 2.05) is 26.0 Å². The van der Waals surface area contributed by atoms with Gasteiger partial charge < -0.3 is 52.2 Å². The first kappa shape index (κ1) is 91.9. The number of pyridine rings is 3. The minimum Gasteiger partial charge on any atom is -0.497 e. The van der Waals surface area contributed by atoms with Crippen molar-refractivity contribution in [3.05, 3.63) is 202 Å². The molecule has 9 aromatic rings. The van der Waals surface area contributed by atoms with Crippen molar-refractivity contribution in [3.63, 3.8) is 0 Å². The molecule has 0 fully saturated rings. The highest BCUT2D eigenvalue weighted by atomic mass is 35.7. The van der Waals surface area contributed by atoms with Gasteiger partial charge in [0.2, 0.25) is 20.0 Å². The number of nitrogens with two attached hydrogens (primary N) is 1. The number of unbranched alkanes of at least 4 members (excludes halogenated alkanes) is 4. The summed E-state index contributed by atoms with van der Waals surface area (Å²) in [6, 6.07) is 26.8. The lowest BCUT2D eigenvalue weighted by molar-refractivity contribution is -0.138. The fourth-order valence-corrected chi connectivity index (χ4v) is 15.8. The van der Waals surface area contributed by atoms with Crippen molar-refractivity contribution in [1.82, 2.24) is 69.7 Å². The van der Waals surface area contributed by atoms with Crippen LogP contribution in [0, 0.1) is 6.92 Å². The van der Waals surface area contributed by atoms with Crippen LogP contribution in [0.2, 0.25) is 0 Å². The van der Waals surface area contributed by atoms with E-state index in [9.17, 15) is 59.1 Å².